The van der Waals surface area contributed by atoms with Crippen LogP contribution in [0.4, 0.5) is 0 Å². The van der Waals surface area contributed by atoms with E-state index >= 15 is 0 Å². The first-order chi connectivity index (χ1) is 8.16. The normalized spacial score (nSPS) is 17.9. The Bertz CT molecular complexity index is 350. The Morgan fingerprint density at radius 2 is 2.00 bits per heavy atom. The fourth-order valence-electron chi connectivity index (χ4n) is 2.43. The molecule has 96 valence electrons. The summed E-state index contributed by atoms with van der Waals surface area (Å²) >= 11 is 0. The quantitative estimate of drug-likeness (QED) is 0.868. The van der Waals surface area contributed by atoms with E-state index in [-0.39, 0.29) is 0 Å². The van der Waals surface area contributed by atoms with Crippen molar-refractivity contribution in [2.45, 2.75) is 45.6 Å². The van der Waals surface area contributed by atoms with E-state index in [4.69, 9.17) is 0 Å². The average Bonchev–Trinajstić information content (AvgIpc) is 2.69. The Hall–Kier alpha value is -0.870. The molecule has 1 aliphatic rings. The van der Waals surface area contributed by atoms with Crippen LogP contribution in [-0.4, -0.2) is 27.9 Å². The molecule has 1 aromatic rings. The number of piperidine rings is 1. The molecule has 1 aliphatic heterocycles. The number of rotatable bonds is 4. The highest BCUT2D eigenvalue weighted by Gasteiger charge is 2.13. The number of hydrazine groups is 1. The zero-order valence-electron chi connectivity index (χ0n) is 11.2. The third-order valence-corrected chi connectivity index (χ3v) is 3.33. The maximum atomic E-state index is 4.53. The van der Waals surface area contributed by atoms with Crippen molar-refractivity contribution in [3.05, 3.63) is 17.5 Å². The number of nitrogens with zero attached hydrogens (tertiary/aromatic N) is 3. The lowest BCUT2D eigenvalue weighted by Crippen LogP contribution is -2.41. The Morgan fingerprint density at radius 3 is 2.65 bits per heavy atom. The standard InChI is InChI=1S/C13H24N4/c1-11(2)13-12(10-16(3)15-13)9-14-17-7-5-4-6-8-17/h10-11,14H,4-9H2,1-3H3. The lowest BCUT2D eigenvalue weighted by Gasteiger charge is -2.27. The van der Waals surface area contributed by atoms with Gasteiger partial charge in [-0.3, -0.25) is 10.1 Å². The summed E-state index contributed by atoms with van der Waals surface area (Å²) in [4.78, 5) is 0. The lowest BCUT2D eigenvalue weighted by molar-refractivity contribution is 0.151. The van der Waals surface area contributed by atoms with Gasteiger partial charge in [-0.1, -0.05) is 20.3 Å². The van der Waals surface area contributed by atoms with E-state index in [2.05, 4.69) is 35.6 Å². The van der Waals surface area contributed by atoms with Crippen LogP contribution in [0.2, 0.25) is 0 Å². The molecule has 0 atom stereocenters. The van der Waals surface area contributed by atoms with Crippen molar-refractivity contribution < 1.29 is 0 Å². The maximum Gasteiger partial charge on any atom is 0.0695 e. The van der Waals surface area contributed by atoms with Gasteiger partial charge in [0.25, 0.3) is 0 Å². The van der Waals surface area contributed by atoms with Gasteiger partial charge in [0.1, 0.15) is 0 Å². The molecule has 2 heterocycles. The van der Waals surface area contributed by atoms with Crippen molar-refractivity contribution in [2.75, 3.05) is 13.1 Å². The Morgan fingerprint density at radius 1 is 1.29 bits per heavy atom. The van der Waals surface area contributed by atoms with Crippen LogP contribution in [0.15, 0.2) is 6.20 Å². The molecule has 4 nitrogen and oxygen atoms in total. The fraction of sp³-hybridized carbons (Fsp3) is 0.769. The van der Waals surface area contributed by atoms with E-state index < -0.39 is 0 Å². The zero-order valence-corrected chi connectivity index (χ0v) is 11.2. The molecule has 0 bridgehead atoms. The summed E-state index contributed by atoms with van der Waals surface area (Å²) in [5, 5.41) is 6.88. The lowest BCUT2D eigenvalue weighted by atomic mass is 10.1. The predicted molar refractivity (Wildman–Crippen MR) is 69.6 cm³/mol. The summed E-state index contributed by atoms with van der Waals surface area (Å²) in [6, 6.07) is 0. The second-order valence-corrected chi connectivity index (χ2v) is 5.25. The van der Waals surface area contributed by atoms with E-state index in [0.717, 1.165) is 6.54 Å². The first-order valence-electron chi connectivity index (χ1n) is 6.67. The van der Waals surface area contributed by atoms with Gasteiger partial charge >= 0.3 is 0 Å². The monoisotopic (exact) mass is 236 g/mol. The summed E-state index contributed by atoms with van der Waals surface area (Å²) < 4.78 is 1.92. The van der Waals surface area contributed by atoms with Gasteiger partial charge in [-0.05, 0) is 18.8 Å². The molecule has 4 heteroatoms. The summed E-state index contributed by atoms with van der Waals surface area (Å²) in [5.41, 5.74) is 6.07. The largest absolute Gasteiger partial charge is 0.275 e. The van der Waals surface area contributed by atoms with Crippen LogP contribution in [0.5, 0.6) is 0 Å². The van der Waals surface area contributed by atoms with Crippen molar-refractivity contribution in [3.63, 3.8) is 0 Å². The topological polar surface area (TPSA) is 33.1 Å². The molecule has 0 saturated carbocycles. The molecule has 0 aromatic carbocycles. The minimum absolute atomic E-state index is 0.495. The van der Waals surface area contributed by atoms with E-state index in [1.165, 1.54) is 43.6 Å². The van der Waals surface area contributed by atoms with E-state index in [1.807, 2.05) is 11.7 Å². The van der Waals surface area contributed by atoms with Crippen LogP contribution in [0.1, 0.15) is 50.3 Å². The summed E-state index contributed by atoms with van der Waals surface area (Å²) in [7, 11) is 2.00. The van der Waals surface area contributed by atoms with Gasteiger partial charge in [0.05, 0.1) is 5.69 Å². The van der Waals surface area contributed by atoms with Crippen LogP contribution in [-0.2, 0) is 13.6 Å². The zero-order chi connectivity index (χ0) is 12.3. The first-order valence-corrected chi connectivity index (χ1v) is 6.67. The van der Waals surface area contributed by atoms with E-state index in [1.54, 1.807) is 0 Å². The van der Waals surface area contributed by atoms with E-state index in [9.17, 15) is 0 Å². The van der Waals surface area contributed by atoms with Gasteiger partial charge in [-0.15, -0.1) is 0 Å². The molecule has 1 fully saturated rings. The maximum absolute atomic E-state index is 4.53. The van der Waals surface area contributed by atoms with Crippen LogP contribution in [0.3, 0.4) is 0 Å². The fourth-order valence-corrected chi connectivity index (χ4v) is 2.43. The van der Waals surface area contributed by atoms with Gasteiger partial charge in [0, 0.05) is 38.4 Å². The number of hydrogen-bond acceptors (Lipinski definition) is 3. The molecular weight excluding hydrogens is 212 g/mol. The number of nitrogens with one attached hydrogen (secondary N) is 1. The molecule has 2 rings (SSSR count). The molecule has 0 radical (unpaired) electrons. The van der Waals surface area contributed by atoms with E-state index in [0.29, 0.717) is 5.92 Å². The third-order valence-electron chi connectivity index (χ3n) is 3.33. The van der Waals surface area contributed by atoms with Gasteiger partial charge in [-0.25, -0.2) is 5.01 Å². The number of hydrogen-bond donors (Lipinski definition) is 1. The molecule has 1 aromatic heterocycles. The van der Waals surface area contributed by atoms with Crippen LogP contribution in [0, 0.1) is 0 Å². The van der Waals surface area contributed by atoms with Gasteiger partial charge in [-0.2, -0.15) is 5.10 Å². The van der Waals surface area contributed by atoms with Gasteiger partial charge in [0.2, 0.25) is 0 Å². The molecule has 17 heavy (non-hydrogen) atoms. The molecule has 0 amide bonds. The van der Waals surface area contributed by atoms with Crippen molar-refractivity contribution in [3.8, 4) is 0 Å². The Labute approximate surface area is 104 Å². The minimum Gasteiger partial charge on any atom is -0.275 e. The minimum atomic E-state index is 0.495. The molecule has 1 N–H and O–H groups in total. The highest BCUT2D eigenvalue weighted by molar-refractivity contribution is 5.19. The molecule has 0 aliphatic carbocycles. The number of aromatic nitrogens is 2. The average molecular weight is 236 g/mol. The van der Waals surface area contributed by atoms with Crippen LogP contribution in [0.25, 0.3) is 0 Å². The van der Waals surface area contributed by atoms with Crippen molar-refractivity contribution in [1.82, 2.24) is 20.2 Å². The second-order valence-electron chi connectivity index (χ2n) is 5.25. The van der Waals surface area contributed by atoms with Gasteiger partial charge < -0.3 is 0 Å². The Kier molecular flexibility index (Phi) is 4.18. The second kappa shape index (κ2) is 5.65. The molecule has 0 unspecified atom stereocenters. The predicted octanol–water partition coefficient (Wildman–Crippen LogP) is 2.03. The van der Waals surface area contributed by atoms with Crippen LogP contribution < -0.4 is 5.43 Å². The SMILES string of the molecule is CC(C)c1nn(C)cc1CNN1CCCCC1. The van der Waals surface area contributed by atoms with Crippen molar-refractivity contribution >= 4 is 0 Å². The summed E-state index contributed by atoms with van der Waals surface area (Å²) in [6.07, 6.45) is 6.14. The van der Waals surface area contributed by atoms with Crippen LogP contribution >= 0.6 is 0 Å². The van der Waals surface area contributed by atoms with Crippen molar-refractivity contribution in [1.29, 1.82) is 0 Å². The third kappa shape index (κ3) is 3.30. The summed E-state index contributed by atoms with van der Waals surface area (Å²) in [6.45, 7) is 7.66. The van der Waals surface area contributed by atoms with Crippen molar-refractivity contribution in [2.24, 2.45) is 7.05 Å². The number of aryl methyl sites for hydroxylation is 1. The first kappa shape index (κ1) is 12.6. The smallest absolute Gasteiger partial charge is 0.0695 e. The Balaban J connectivity index is 1.93. The van der Waals surface area contributed by atoms with Gasteiger partial charge in [0.15, 0.2) is 0 Å². The molecule has 1 saturated heterocycles. The molecule has 0 spiro atoms. The highest BCUT2D eigenvalue weighted by atomic mass is 15.5. The summed E-state index contributed by atoms with van der Waals surface area (Å²) in [5.74, 6) is 0.495. The molecular formula is C13H24N4. The highest BCUT2D eigenvalue weighted by Crippen LogP contribution is 2.17.